The zero-order valence-electron chi connectivity index (χ0n) is 9.62. The molecule has 0 aromatic heterocycles. The number of carbonyl (C=O) groups is 2. The lowest BCUT2D eigenvalue weighted by atomic mass is 9.76. The number of carboxylic acid groups (broad SMARTS) is 1. The fourth-order valence-electron chi connectivity index (χ4n) is 2.33. The van der Waals surface area contributed by atoms with Crippen LogP contribution >= 0.6 is 0 Å². The Morgan fingerprint density at radius 2 is 2.07 bits per heavy atom. The van der Waals surface area contributed by atoms with Gasteiger partial charge in [0.1, 0.15) is 6.04 Å². The molecule has 1 aliphatic rings. The van der Waals surface area contributed by atoms with Gasteiger partial charge in [-0.3, -0.25) is 4.79 Å². The number of piperidine rings is 1. The van der Waals surface area contributed by atoms with E-state index in [-0.39, 0.29) is 11.3 Å². The summed E-state index contributed by atoms with van der Waals surface area (Å²) in [5, 5.41) is 9.19. The van der Waals surface area contributed by atoms with Gasteiger partial charge in [-0.1, -0.05) is 20.8 Å². The van der Waals surface area contributed by atoms with Crippen molar-refractivity contribution in [2.24, 2.45) is 5.41 Å². The lowest BCUT2D eigenvalue weighted by Gasteiger charge is -2.43. The molecule has 15 heavy (non-hydrogen) atoms. The Labute approximate surface area is 90.3 Å². The first-order chi connectivity index (χ1) is 6.90. The Morgan fingerprint density at radius 3 is 2.53 bits per heavy atom. The minimum Gasteiger partial charge on any atom is -0.480 e. The minimum absolute atomic E-state index is 0.0600. The van der Waals surface area contributed by atoms with Crippen molar-refractivity contribution in [2.45, 2.75) is 46.1 Å². The number of carbonyl (C=O) groups excluding carboxylic acids is 1. The number of likely N-dealkylation sites (tertiary alicyclic amines) is 1. The van der Waals surface area contributed by atoms with Crippen LogP contribution in [0.4, 0.5) is 0 Å². The maximum absolute atomic E-state index is 11.6. The number of rotatable bonds is 2. The molecular formula is C11H19NO3. The van der Waals surface area contributed by atoms with Gasteiger partial charge in [0.05, 0.1) is 0 Å². The summed E-state index contributed by atoms with van der Waals surface area (Å²) in [6, 6.07) is -0.668. The molecule has 1 N–H and O–H groups in total. The van der Waals surface area contributed by atoms with E-state index in [0.29, 0.717) is 13.0 Å². The van der Waals surface area contributed by atoms with E-state index in [1.807, 2.05) is 13.8 Å². The molecule has 86 valence electrons. The van der Waals surface area contributed by atoms with Gasteiger partial charge in [-0.2, -0.15) is 0 Å². The van der Waals surface area contributed by atoms with Crippen molar-refractivity contribution in [1.29, 1.82) is 0 Å². The van der Waals surface area contributed by atoms with Gasteiger partial charge in [-0.25, -0.2) is 4.79 Å². The molecule has 0 radical (unpaired) electrons. The van der Waals surface area contributed by atoms with Crippen LogP contribution in [0.15, 0.2) is 0 Å². The maximum Gasteiger partial charge on any atom is 0.326 e. The standard InChI is InChI=1S/C11H19NO3/c1-4-8(13)12-7-5-6-11(2,3)9(12)10(14)15/h9H,4-7H2,1-3H3,(H,14,15). The highest BCUT2D eigenvalue weighted by Crippen LogP contribution is 2.35. The predicted octanol–water partition coefficient (Wildman–Crippen LogP) is 1.50. The molecule has 1 amide bonds. The van der Waals surface area contributed by atoms with E-state index >= 15 is 0 Å². The number of aliphatic carboxylic acids is 1. The van der Waals surface area contributed by atoms with Crippen LogP contribution in [0.25, 0.3) is 0 Å². The largest absolute Gasteiger partial charge is 0.480 e. The van der Waals surface area contributed by atoms with Gasteiger partial charge in [0.2, 0.25) is 5.91 Å². The number of carboxylic acids is 1. The van der Waals surface area contributed by atoms with E-state index in [9.17, 15) is 14.7 Å². The molecule has 1 atom stereocenters. The molecule has 0 aromatic rings. The second-order valence-electron chi connectivity index (χ2n) is 4.77. The lowest BCUT2D eigenvalue weighted by molar-refractivity contribution is -0.158. The highest BCUT2D eigenvalue weighted by atomic mass is 16.4. The van der Waals surface area contributed by atoms with Crippen molar-refractivity contribution in [3.63, 3.8) is 0 Å². The van der Waals surface area contributed by atoms with E-state index in [1.54, 1.807) is 6.92 Å². The molecule has 0 aromatic carbocycles. The topological polar surface area (TPSA) is 57.6 Å². The fraction of sp³-hybridized carbons (Fsp3) is 0.818. The zero-order chi connectivity index (χ0) is 11.6. The van der Waals surface area contributed by atoms with Gasteiger partial charge in [0.15, 0.2) is 0 Å². The first-order valence-corrected chi connectivity index (χ1v) is 5.42. The molecule has 1 saturated heterocycles. The van der Waals surface area contributed by atoms with Gasteiger partial charge in [-0.05, 0) is 18.3 Å². The summed E-state index contributed by atoms with van der Waals surface area (Å²) in [4.78, 5) is 24.4. The number of hydrogen-bond donors (Lipinski definition) is 1. The molecule has 4 heteroatoms. The van der Waals surface area contributed by atoms with Crippen molar-refractivity contribution < 1.29 is 14.7 Å². The Balaban J connectivity index is 2.94. The van der Waals surface area contributed by atoms with Crippen LogP contribution < -0.4 is 0 Å². The van der Waals surface area contributed by atoms with Crippen LogP contribution in [0.5, 0.6) is 0 Å². The van der Waals surface area contributed by atoms with Gasteiger partial charge in [0.25, 0.3) is 0 Å². The molecule has 0 spiro atoms. The molecule has 4 nitrogen and oxygen atoms in total. The first-order valence-electron chi connectivity index (χ1n) is 5.42. The molecule has 1 fully saturated rings. The van der Waals surface area contributed by atoms with Crippen molar-refractivity contribution in [2.75, 3.05) is 6.54 Å². The predicted molar refractivity (Wildman–Crippen MR) is 56.4 cm³/mol. The summed E-state index contributed by atoms with van der Waals surface area (Å²) >= 11 is 0. The third kappa shape index (κ3) is 2.30. The third-order valence-electron chi connectivity index (χ3n) is 3.13. The van der Waals surface area contributed by atoms with Gasteiger partial charge >= 0.3 is 5.97 Å². The molecule has 1 unspecified atom stereocenters. The molecule has 1 aliphatic heterocycles. The fourth-order valence-corrected chi connectivity index (χ4v) is 2.33. The summed E-state index contributed by atoms with van der Waals surface area (Å²) in [5.41, 5.74) is -0.324. The van der Waals surface area contributed by atoms with Crippen molar-refractivity contribution in [3.05, 3.63) is 0 Å². The van der Waals surface area contributed by atoms with E-state index in [4.69, 9.17) is 0 Å². The van der Waals surface area contributed by atoms with Gasteiger partial charge < -0.3 is 10.0 Å². The Hall–Kier alpha value is -1.06. The molecular weight excluding hydrogens is 194 g/mol. The van der Waals surface area contributed by atoms with E-state index in [2.05, 4.69) is 0 Å². The Kier molecular flexibility index (Phi) is 3.37. The minimum atomic E-state index is -0.887. The van der Waals surface area contributed by atoms with Crippen molar-refractivity contribution in [1.82, 2.24) is 4.90 Å². The van der Waals surface area contributed by atoms with Crippen molar-refractivity contribution >= 4 is 11.9 Å². The maximum atomic E-state index is 11.6. The van der Waals surface area contributed by atoms with E-state index < -0.39 is 12.0 Å². The number of hydrogen-bond acceptors (Lipinski definition) is 2. The van der Waals surface area contributed by atoms with Crippen LogP contribution in [0.3, 0.4) is 0 Å². The average molecular weight is 213 g/mol. The van der Waals surface area contributed by atoms with Crippen LogP contribution in [-0.2, 0) is 9.59 Å². The molecule has 1 rings (SSSR count). The first kappa shape index (κ1) is 12.0. The monoisotopic (exact) mass is 213 g/mol. The highest BCUT2D eigenvalue weighted by molar-refractivity contribution is 5.84. The van der Waals surface area contributed by atoms with Crippen LogP contribution in [0.2, 0.25) is 0 Å². The van der Waals surface area contributed by atoms with Crippen molar-refractivity contribution in [3.8, 4) is 0 Å². The van der Waals surface area contributed by atoms with Gasteiger partial charge in [-0.15, -0.1) is 0 Å². The van der Waals surface area contributed by atoms with E-state index in [0.717, 1.165) is 12.8 Å². The second kappa shape index (κ2) is 4.21. The van der Waals surface area contributed by atoms with E-state index in [1.165, 1.54) is 4.90 Å². The summed E-state index contributed by atoms with van der Waals surface area (Å²) in [6.07, 6.45) is 2.12. The van der Waals surface area contributed by atoms with Gasteiger partial charge in [0, 0.05) is 13.0 Å². The number of nitrogens with zero attached hydrogens (tertiary/aromatic N) is 1. The quantitative estimate of drug-likeness (QED) is 0.756. The third-order valence-corrected chi connectivity index (χ3v) is 3.13. The SMILES string of the molecule is CCC(=O)N1CCCC(C)(C)C1C(=O)O. The van der Waals surface area contributed by atoms with Crippen LogP contribution in [0.1, 0.15) is 40.0 Å². The lowest BCUT2D eigenvalue weighted by Crippen LogP contribution is -2.56. The summed E-state index contributed by atoms with van der Waals surface area (Å²) in [6.45, 7) is 6.18. The summed E-state index contributed by atoms with van der Waals surface area (Å²) in [7, 11) is 0. The smallest absolute Gasteiger partial charge is 0.326 e. The number of amides is 1. The summed E-state index contributed by atoms with van der Waals surface area (Å²) in [5.74, 6) is -0.948. The molecule has 0 saturated carbocycles. The normalized spacial score (nSPS) is 25.0. The Bertz CT molecular complexity index is 273. The average Bonchev–Trinajstić information content (AvgIpc) is 2.14. The Morgan fingerprint density at radius 1 is 1.47 bits per heavy atom. The molecule has 0 aliphatic carbocycles. The second-order valence-corrected chi connectivity index (χ2v) is 4.77. The summed E-state index contributed by atoms with van der Waals surface area (Å²) < 4.78 is 0. The molecule has 0 bridgehead atoms. The molecule has 1 heterocycles. The zero-order valence-corrected chi connectivity index (χ0v) is 9.62. The van der Waals surface area contributed by atoms with Crippen LogP contribution in [-0.4, -0.2) is 34.5 Å². The highest BCUT2D eigenvalue weighted by Gasteiger charge is 2.43. The van der Waals surface area contributed by atoms with Crippen LogP contribution in [0, 0.1) is 5.41 Å².